The SMILES string of the molecule is CCCN=C1O/C(=C/c2cccs2)C(=O)N1CC. The molecule has 2 rings (SSSR count). The van der Waals surface area contributed by atoms with Crippen LogP contribution in [0.3, 0.4) is 0 Å². The predicted molar refractivity (Wildman–Crippen MR) is 73.4 cm³/mol. The number of thiophene rings is 1. The van der Waals surface area contributed by atoms with Gasteiger partial charge in [-0.05, 0) is 24.8 Å². The third-order valence-corrected chi connectivity index (χ3v) is 3.31. The van der Waals surface area contributed by atoms with Crippen molar-refractivity contribution in [3.63, 3.8) is 0 Å². The zero-order valence-corrected chi connectivity index (χ0v) is 11.4. The number of rotatable bonds is 4. The Balaban J connectivity index is 2.23. The smallest absolute Gasteiger partial charge is 0.300 e. The van der Waals surface area contributed by atoms with Crippen LogP contribution in [0.4, 0.5) is 0 Å². The fraction of sp³-hybridized carbons (Fsp3) is 0.385. The van der Waals surface area contributed by atoms with Crippen molar-refractivity contribution < 1.29 is 9.53 Å². The van der Waals surface area contributed by atoms with Gasteiger partial charge in [-0.1, -0.05) is 13.0 Å². The summed E-state index contributed by atoms with van der Waals surface area (Å²) in [5, 5.41) is 1.97. The Morgan fingerprint density at radius 2 is 2.33 bits per heavy atom. The Labute approximate surface area is 111 Å². The summed E-state index contributed by atoms with van der Waals surface area (Å²) >= 11 is 1.57. The Bertz CT molecular complexity index is 477. The zero-order chi connectivity index (χ0) is 13.0. The van der Waals surface area contributed by atoms with Crippen molar-refractivity contribution in [3.05, 3.63) is 28.1 Å². The van der Waals surface area contributed by atoms with Crippen LogP contribution >= 0.6 is 11.3 Å². The number of carbonyl (C=O) groups is 1. The third kappa shape index (κ3) is 2.61. The number of aliphatic imine (C=N–C) groups is 1. The van der Waals surface area contributed by atoms with E-state index in [0.717, 1.165) is 11.3 Å². The largest absolute Gasteiger partial charge is 0.420 e. The summed E-state index contributed by atoms with van der Waals surface area (Å²) in [5.74, 6) is 0.245. The van der Waals surface area contributed by atoms with Crippen LogP contribution in [0.2, 0.25) is 0 Å². The first-order chi connectivity index (χ1) is 8.76. The van der Waals surface area contributed by atoms with Gasteiger partial charge in [0, 0.05) is 24.0 Å². The highest BCUT2D eigenvalue weighted by molar-refractivity contribution is 7.10. The van der Waals surface area contributed by atoms with Crippen LogP contribution in [-0.4, -0.2) is 29.9 Å². The highest BCUT2D eigenvalue weighted by Gasteiger charge is 2.33. The summed E-state index contributed by atoms with van der Waals surface area (Å²) in [5.41, 5.74) is 0. The van der Waals surface area contributed by atoms with Crippen molar-refractivity contribution in [2.75, 3.05) is 13.1 Å². The standard InChI is InChI=1S/C13H16N2O2S/c1-3-7-14-13-15(4-2)12(16)11(17-13)9-10-6-5-8-18-10/h5-6,8-9H,3-4,7H2,1-2H3/b11-9+,14-13?. The van der Waals surface area contributed by atoms with Gasteiger partial charge in [-0.2, -0.15) is 0 Å². The van der Waals surface area contributed by atoms with Crippen molar-refractivity contribution in [2.24, 2.45) is 4.99 Å². The van der Waals surface area contributed by atoms with E-state index in [4.69, 9.17) is 4.74 Å². The second-order valence-corrected chi connectivity index (χ2v) is 4.82. The number of likely N-dealkylation sites (N-methyl/N-ethyl adjacent to an activating group) is 1. The van der Waals surface area contributed by atoms with E-state index in [2.05, 4.69) is 4.99 Å². The first kappa shape index (κ1) is 12.8. The number of amidine groups is 1. The minimum atomic E-state index is -0.110. The molecule has 1 aromatic heterocycles. The fourth-order valence-electron chi connectivity index (χ4n) is 1.61. The van der Waals surface area contributed by atoms with Gasteiger partial charge in [-0.15, -0.1) is 11.3 Å². The number of amides is 1. The molecule has 2 heterocycles. The van der Waals surface area contributed by atoms with E-state index in [9.17, 15) is 4.79 Å². The molecule has 5 heteroatoms. The molecule has 1 fully saturated rings. The first-order valence-corrected chi connectivity index (χ1v) is 6.93. The molecule has 0 spiro atoms. The van der Waals surface area contributed by atoms with Gasteiger partial charge in [0.25, 0.3) is 11.9 Å². The Morgan fingerprint density at radius 1 is 1.50 bits per heavy atom. The summed E-state index contributed by atoms with van der Waals surface area (Å²) in [6, 6.07) is 4.32. The molecule has 1 amide bonds. The number of carbonyl (C=O) groups excluding carboxylic acids is 1. The van der Waals surface area contributed by atoms with Gasteiger partial charge < -0.3 is 4.74 Å². The quantitative estimate of drug-likeness (QED) is 0.785. The van der Waals surface area contributed by atoms with Gasteiger partial charge in [0.15, 0.2) is 5.76 Å². The molecule has 0 aromatic carbocycles. The molecule has 1 aliphatic rings. The van der Waals surface area contributed by atoms with Crippen molar-refractivity contribution in [2.45, 2.75) is 20.3 Å². The number of ether oxygens (including phenoxy) is 1. The maximum absolute atomic E-state index is 12.1. The molecule has 0 radical (unpaired) electrons. The number of hydrogen-bond donors (Lipinski definition) is 0. The molecule has 0 N–H and O–H groups in total. The molecular weight excluding hydrogens is 248 g/mol. The molecule has 0 bridgehead atoms. The minimum absolute atomic E-state index is 0.110. The average Bonchev–Trinajstić information content (AvgIpc) is 2.97. The van der Waals surface area contributed by atoms with Gasteiger partial charge in [0.1, 0.15) is 0 Å². The van der Waals surface area contributed by atoms with Crippen molar-refractivity contribution in [1.82, 2.24) is 4.90 Å². The van der Waals surface area contributed by atoms with Gasteiger partial charge in [-0.3, -0.25) is 9.69 Å². The van der Waals surface area contributed by atoms with Crippen LogP contribution in [0.15, 0.2) is 28.3 Å². The second-order valence-electron chi connectivity index (χ2n) is 3.84. The summed E-state index contributed by atoms with van der Waals surface area (Å²) in [6.07, 6.45) is 2.70. The summed E-state index contributed by atoms with van der Waals surface area (Å²) in [6.45, 7) is 5.20. The molecule has 1 aliphatic heterocycles. The molecule has 0 atom stereocenters. The Hall–Kier alpha value is -1.62. The van der Waals surface area contributed by atoms with E-state index in [0.29, 0.717) is 24.9 Å². The lowest BCUT2D eigenvalue weighted by molar-refractivity contribution is -0.122. The van der Waals surface area contributed by atoms with Crippen LogP contribution in [0, 0.1) is 0 Å². The normalized spacial score (nSPS) is 19.9. The van der Waals surface area contributed by atoms with E-state index in [1.165, 1.54) is 0 Å². The number of nitrogens with zero attached hydrogens (tertiary/aromatic N) is 2. The van der Waals surface area contributed by atoms with Crippen molar-refractivity contribution in [1.29, 1.82) is 0 Å². The monoisotopic (exact) mass is 264 g/mol. The van der Waals surface area contributed by atoms with Crippen LogP contribution in [-0.2, 0) is 9.53 Å². The molecule has 0 saturated carbocycles. The van der Waals surface area contributed by atoms with E-state index in [1.54, 1.807) is 22.3 Å². The van der Waals surface area contributed by atoms with Gasteiger partial charge in [0.05, 0.1) is 0 Å². The van der Waals surface area contributed by atoms with Crippen LogP contribution < -0.4 is 0 Å². The van der Waals surface area contributed by atoms with Gasteiger partial charge >= 0.3 is 0 Å². The lowest BCUT2D eigenvalue weighted by Gasteiger charge is -2.08. The predicted octanol–water partition coefficient (Wildman–Crippen LogP) is 2.73. The molecular formula is C13H16N2O2S. The first-order valence-electron chi connectivity index (χ1n) is 6.05. The molecule has 0 unspecified atom stereocenters. The average molecular weight is 264 g/mol. The molecule has 96 valence electrons. The summed E-state index contributed by atoms with van der Waals surface area (Å²) in [7, 11) is 0. The Kier molecular flexibility index (Phi) is 4.15. The molecule has 1 aromatic rings. The van der Waals surface area contributed by atoms with Crippen molar-refractivity contribution >= 4 is 29.3 Å². The fourth-order valence-corrected chi connectivity index (χ4v) is 2.26. The zero-order valence-electron chi connectivity index (χ0n) is 10.5. The third-order valence-electron chi connectivity index (χ3n) is 2.49. The summed E-state index contributed by atoms with van der Waals surface area (Å²) < 4.78 is 5.55. The lowest BCUT2D eigenvalue weighted by atomic mass is 10.3. The van der Waals surface area contributed by atoms with Gasteiger partial charge in [0.2, 0.25) is 0 Å². The van der Waals surface area contributed by atoms with Crippen molar-refractivity contribution in [3.8, 4) is 0 Å². The van der Waals surface area contributed by atoms with E-state index < -0.39 is 0 Å². The van der Waals surface area contributed by atoms with Crippen LogP contribution in [0.5, 0.6) is 0 Å². The molecule has 0 aliphatic carbocycles. The van der Waals surface area contributed by atoms with E-state index in [1.807, 2.05) is 31.4 Å². The maximum atomic E-state index is 12.1. The van der Waals surface area contributed by atoms with E-state index in [-0.39, 0.29) is 5.91 Å². The van der Waals surface area contributed by atoms with E-state index >= 15 is 0 Å². The molecule has 18 heavy (non-hydrogen) atoms. The molecule has 1 saturated heterocycles. The number of hydrogen-bond acceptors (Lipinski definition) is 4. The summed E-state index contributed by atoms with van der Waals surface area (Å²) in [4.78, 5) is 18.9. The van der Waals surface area contributed by atoms with Crippen LogP contribution in [0.25, 0.3) is 6.08 Å². The molecule has 4 nitrogen and oxygen atoms in total. The Morgan fingerprint density at radius 3 is 2.94 bits per heavy atom. The van der Waals surface area contributed by atoms with Crippen LogP contribution in [0.1, 0.15) is 25.1 Å². The van der Waals surface area contributed by atoms with Gasteiger partial charge in [-0.25, -0.2) is 4.99 Å². The second kappa shape index (κ2) is 5.82. The maximum Gasteiger partial charge on any atom is 0.300 e. The highest BCUT2D eigenvalue weighted by Crippen LogP contribution is 2.21. The minimum Gasteiger partial charge on any atom is -0.420 e. The highest BCUT2D eigenvalue weighted by atomic mass is 32.1. The topological polar surface area (TPSA) is 41.9 Å². The lowest BCUT2D eigenvalue weighted by Crippen LogP contribution is -2.29.